The smallest absolute Gasteiger partial charge is 0.369 e. The van der Waals surface area contributed by atoms with E-state index in [2.05, 4.69) is 15.9 Å². The molecule has 0 aliphatic heterocycles. The summed E-state index contributed by atoms with van der Waals surface area (Å²) in [6.07, 6.45) is -4.51. The second kappa shape index (κ2) is 5.25. The molecule has 1 aromatic rings. The van der Waals surface area contributed by atoms with Gasteiger partial charge in [0.05, 0.1) is 11.3 Å². The monoisotopic (exact) mass is 313 g/mol. The highest BCUT2D eigenvalue weighted by Crippen LogP contribution is 2.32. The van der Waals surface area contributed by atoms with Crippen LogP contribution in [0.1, 0.15) is 12.5 Å². The van der Waals surface area contributed by atoms with Crippen molar-refractivity contribution in [2.75, 3.05) is 17.3 Å². The molecule has 6 heteroatoms. The second-order valence-electron chi connectivity index (χ2n) is 3.78. The van der Waals surface area contributed by atoms with E-state index in [4.69, 9.17) is 0 Å². The average molecular weight is 314 g/mol. The molecule has 17 heavy (non-hydrogen) atoms. The summed E-state index contributed by atoms with van der Waals surface area (Å²) in [7, 11) is 1.64. The van der Waals surface area contributed by atoms with Gasteiger partial charge < -0.3 is 4.90 Å². The van der Waals surface area contributed by atoms with Crippen molar-refractivity contribution in [1.29, 1.82) is 0 Å². The highest BCUT2D eigenvalue weighted by Gasteiger charge is 2.31. The molecule has 1 rings (SSSR count). The summed E-state index contributed by atoms with van der Waals surface area (Å²) < 4.78 is 50.6. The summed E-state index contributed by atoms with van der Waals surface area (Å²) in [5.41, 5.74) is -0.816. The van der Waals surface area contributed by atoms with Gasteiger partial charge in [-0.1, -0.05) is 15.9 Å². The molecular formula is C11H12BrF4N. The quantitative estimate of drug-likeness (QED) is 0.601. The standard InChI is InChI=1S/C11H12BrF4N/c1-7(6-12)17(2)10-4-3-8(5-9(10)13)11(14,15)16/h3-5,7H,6H2,1-2H3. The van der Waals surface area contributed by atoms with E-state index in [9.17, 15) is 17.6 Å². The summed E-state index contributed by atoms with van der Waals surface area (Å²) >= 11 is 3.24. The lowest BCUT2D eigenvalue weighted by molar-refractivity contribution is -0.137. The van der Waals surface area contributed by atoms with Crippen LogP contribution in [0.25, 0.3) is 0 Å². The van der Waals surface area contributed by atoms with Gasteiger partial charge in [-0.2, -0.15) is 13.2 Å². The van der Waals surface area contributed by atoms with Crippen molar-refractivity contribution < 1.29 is 17.6 Å². The molecular weight excluding hydrogens is 302 g/mol. The first kappa shape index (κ1) is 14.3. The zero-order valence-electron chi connectivity index (χ0n) is 9.35. The molecule has 0 fully saturated rings. The fraction of sp³-hybridized carbons (Fsp3) is 0.455. The Morgan fingerprint density at radius 2 is 1.94 bits per heavy atom. The van der Waals surface area contributed by atoms with Gasteiger partial charge in [0.25, 0.3) is 0 Å². The summed E-state index contributed by atoms with van der Waals surface area (Å²) in [6.45, 7) is 1.84. The number of rotatable bonds is 3. The maximum atomic E-state index is 13.6. The van der Waals surface area contributed by atoms with Gasteiger partial charge >= 0.3 is 6.18 Å². The van der Waals surface area contributed by atoms with Crippen LogP contribution in [0.4, 0.5) is 23.2 Å². The fourth-order valence-corrected chi connectivity index (χ4v) is 1.74. The Labute approximate surface area is 106 Å². The fourth-order valence-electron chi connectivity index (χ4n) is 1.31. The Hall–Kier alpha value is -0.780. The van der Waals surface area contributed by atoms with E-state index in [1.54, 1.807) is 11.9 Å². The lowest BCUT2D eigenvalue weighted by Gasteiger charge is -2.26. The number of anilines is 1. The van der Waals surface area contributed by atoms with Crippen molar-refractivity contribution in [2.24, 2.45) is 0 Å². The molecule has 1 unspecified atom stereocenters. The van der Waals surface area contributed by atoms with Gasteiger partial charge in [0.1, 0.15) is 5.82 Å². The van der Waals surface area contributed by atoms with Crippen LogP contribution in [-0.4, -0.2) is 18.4 Å². The maximum Gasteiger partial charge on any atom is 0.416 e. The van der Waals surface area contributed by atoms with Crippen LogP contribution >= 0.6 is 15.9 Å². The highest BCUT2D eigenvalue weighted by atomic mass is 79.9. The van der Waals surface area contributed by atoms with Gasteiger partial charge in [-0.15, -0.1) is 0 Å². The Morgan fingerprint density at radius 1 is 1.35 bits per heavy atom. The second-order valence-corrected chi connectivity index (χ2v) is 4.43. The number of halogens is 5. The highest BCUT2D eigenvalue weighted by molar-refractivity contribution is 9.09. The molecule has 0 bridgehead atoms. The third-order valence-corrected chi connectivity index (χ3v) is 3.48. The van der Waals surface area contributed by atoms with E-state index in [1.807, 2.05) is 6.92 Å². The van der Waals surface area contributed by atoms with Crippen molar-refractivity contribution in [1.82, 2.24) is 0 Å². The summed E-state index contributed by atoms with van der Waals surface area (Å²) in [5.74, 6) is -0.866. The van der Waals surface area contributed by atoms with Crippen molar-refractivity contribution in [2.45, 2.75) is 19.1 Å². The molecule has 1 aromatic carbocycles. The zero-order valence-corrected chi connectivity index (χ0v) is 10.9. The molecule has 0 saturated heterocycles. The number of alkyl halides is 4. The number of hydrogen-bond acceptors (Lipinski definition) is 1. The minimum atomic E-state index is -4.51. The van der Waals surface area contributed by atoms with E-state index >= 15 is 0 Å². The van der Waals surface area contributed by atoms with E-state index in [-0.39, 0.29) is 11.7 Å². The third-order valence-electron chi connectivity index (χ3n) is 2.54. The Bertz CT molecular complexity index is 392. The Balaban J connectivity index is 3.06. The van der Waals surface area contributed by atoms with Crippen LogP contribution < -0.4 is 4.90 Å². The van der Waals surface area contributed by atoms with Crippen molar-refractivity contribution in [3.05, 3.63) is 29.6 Å². The molecule has 0 spiro atoms. The molecule has 0 aromatic heterocycles. The first-order chi connectivity index (χ1) is 7.77. The SMILES string of the molecule is CC(CBr)N(C)c1ccc(C(F)(F)F)cc1F. The topological polar surface area (TPSA) is 3.24 Å². The molecule has 0 radical (unpaired) electrons. The van der Waals surface area contributed by atoms with E-state index < -0.39 is 17.6 Å². The van der Waals surface area contributed by atoms with E-state index in [1.165, 1.54) is 0 Å². The third kappa shape index (κ3) is 3.34. The van der Waals surface area contributed by atoms with Gasteiger partial charge in [0.2, 0.25) is 0 Å². The lowest BCUT2D eigenvalue weighted by Crippen LogP contribution is -2.30. The largest absolute Gasteiger partial charge is 0.416 e. The minimum absolute atomic E-state index is 0.0127. The van der Waals surface area contributed by atoms with Gasteiger partial charge in [-0.05, 0) is 25.1 Å². The van der Waals surface area contributed by atoms with Crippen LogP contribution in [0, 0.1) is 5.82 Å². The predicted molar refractivity (Wildman–Crippen MR) is 63.1 cm³/mol. The van der Waals surface area contributed by atoms with Crippen molar-refractivity contribution >= 4 is 21.6 Å². The molecule has 0 heterocycles. The first-order valence-corrected chi connectivity index (χ1v) is 6.05. The average Bonchev–Trinajstić information content (AvgIpc) is 2.25. The maximum absolute atomic E-state index is 13.6. The molecule has 0 aliphatic rings. The molecule has 0 saturated carbocycles. The van der Waals surface area contributed by atoms with Gasteiger partial charge in [-0.3, -0.25) is 0 Å². The summed E-state index contributed by atoms with van der Waals surface area (Å²) in [6, 6.07) is 2.54. The summed E-state index contributed by atoms with van der Waals surface area (Å²) in [4.78, 5) is 1.59. The van der Waals surface area contributed by atoms with Crippen LogP contribution in [0.15, 0.2) is 18.2 Å². The number of hydrogen-bond donors (Lipinski definition) is 0. The summed E-state index contributed by atoms with van der Waals surface area (Å²) in [5, 5.41) is 0.601. The van der Waals surface area contributed by atoms with E-state index in [0.29, 0.717) is 11.4 Å². The Morgan fingerprint density at radius 3 is 2.35 bits per heavy atom. The van der Waals surface area contributed by atoms with Crippen LogP contribution in [0.5, 0.6) is 0 Å². The minimum Gasteiger partial charge on any atom is -0.369 e. The normalized spacial score (nSPS) is 13.6. The molecule has 0 amide bonds. The van der Waals surface area contributed by atoms with Crippen molar-refractivity contribution in [3.63, 3.8) is 0 Å². The first-order valence-electron chi connectivity index (χ1n) is 4.93. The molecule has 1 nitrogen and oxygen atoms in total. The van der Waals surface area contributed by atoms with Crippen LogP contribution in [0.3, 0.4) is 0 Å². The molecule has 96 valence electrons. The molecule has 0 aliphatic carbocycles. The molecule has 1 atom stereocenters. The van der Waals surface area contributed by atoms with Crippen LogP contribution in [-0.2, 0) is 6.18 Å². The Kier molecular flexibility index (Phi) is 4.41. The number of benzene rings is 1. The van der Waals surface area contributed by atoms with Gasteiger partial charge in [0, 0.05) is 18.4 Å². The van der Waals surface area contributed by atoms with Gasteiger partial charge in [-0.25, -0.2) is 4.39 Å². The van der Waals surface area contributed by atoms with Crippen molar-refractivity contribution in [3.8, 4) is 0 Å². The van der Waals surface area contributed by atoms with E-state index in [0.717, 1.165) is 12.1 Å². The number of nitrogens with zero attached hydrogens (tertiary/aromatic N) is 1. The molecule has 0 N–H and O–H groups in total. The predicted octanol–water partition coefficient (Wildman–Crippen LogP) is 4.06. The van der Waals surface area contributed by atoms with Crippen LogP contribution in [0.2, 0.25) is 0 Å². The lowest BCUT2D eigenvalue weighted by atomic mass is 10.1. The van der Waals surface area contributed by atoms with Gasteiger partial charge in [0.15, 0.2) is 0 Å². The zero-order chi connectivity index (χ0) is 13.2.